The van der Waals surface area contributed by atoms with Crippen molar-refractivity contribution in [1.29, 1.82) is 0 Å². The van der Waals surface area contributed by atoms with E-state index in [0.29, 0.717) is 29.6 Å². The van der Waals surface area contributed by atoms with Crippen LogP contribution in [-0.4, -0.2) is 48.7 Å². The Labute approximate surface area is 116 Å². The highest BCUT2D eigenvalue weighted by Gasteiger charge is 2.16. The molecule has 0 aromatic heterocycles. The summed E-state index contributed by atoms with van der Waals surface area (Å²) in [6.07, 6.45) is -0.802. The summed E-state index contributed by atoms with van der Waals surface area (Å²) in [5, 5.41) is 19.0. The number of methoxy groups -OCH3 is 1. The predicted octanol–water partition coefficient (Wildman–Crippen LogP) is 0.587. The lowest BCUT2D eigenvalue weighted by Gasteiger charge is -2.16. The minimum atomic E-state index is -1.09. The molecule has 0 bridgehead atoms. The van der Waals surface area contributed by atoms with Crippen molar-refractivity contribution in [3.05, 3.63) is 23.8 Å². The Morgan fingerprint density at radius 2 is 1.95 bits per heavy atom. The maximum atomic E-state index is 10.6. The van der Waals surface area contributed by atoms with Gasteiger partial charge < -0.3 is 24.5 Å². The van der Waals surface area contributed by atoms with Gasteiger partial charge >= 0.3 is 0 Å². The van der Waals surface area contributed by atoms with Crippen molar-refractivity contribution >= 4 is 12.6 Å². The van der Waals surface area contributed by atoms with Gasteiger partial charge in [0.15, 0.2) is 11.5 Å². The van der Waals surface area contributed by atoms with E-state index in [1.54, 1.807) is 18.2 Å². The molecule has 20 heavy (non-hydrogen) atoms. The Bertz CT molecular complexity index is 445. The number of hydrogen-bond acceptors (Lipinski definition) is 6. The van der Waals surface area contributed by atoms with Gasteiger partial charge in [-0.3, -0.25) is 4.79 Å². The maximum absolute atomic E-state index is 10.6. The monoisotopic (exact) mass is 282 g/mol. The van der Waals surface area contributed by atoms with Gasteiger partial charge in [0.05, 0.1) is 25.9 Å². The second-order valence-corrected chi connectivity index (χ2v) is 4.20. The molecule has 0 saturated heterocycles. The molecule has 0 spiro atoms. The summed E-state index contributed by atoms with van der Waals surface area (Å²) in [4.78, 5) is 20.9. The van der Waals surface area contributed by atoms with Crippen molar-refractivity contribution in [3.63, 3.8) is 0 Å². The molecule has 2 N–H and O–H groups in total. The molecule has 1 aromatic carbocycles. The lowest BCUT2D eigenvalue weighted by atomic mass is 10.1. The fourth-order valence-electron chi connectivity index (χ4n) is 1.61. The smallest absolute Gasteiger partial charge is 0.161 e. The highest BCUT2D eigenvalue weighted by molar-refractivity contribution is 5.76. The van der Waals surface area contributed by atoms with Gasteiger partial charge in [-0.25, -0.2) is 0 Å². The molecule has 0 fully saturated rings. The van der Waals surface area contributed by atoms with E-state index in [-0.39, 0.29) is 19.4 Å². The van der Waals surface area contributed by atoms with E-state index < -0.39 is 12.2 Å². The average Bonchev–Trinajstić information content (AvgIpc) is 2.47. The van der Waals surface area contributed by atoms with Crippen LogP contribution in [0, 0.1) is 0 Å². The number of carbonyl (C=O) groups excluding carboxylic acids is 2. The lowest BCUT2D eigenvalue weighted by Crippen LogP contribution is -2.28. The molecule has 0 heterocycles. The summed E-state index contributed by atoms with van der Waals surface area (Å²) < 4.78 is 10.5. The molecule has 6 heteroatoms. The maximum Gasteiger partial charge on any atom is 0.161 e. The van der Waals surface area contributed by atoms with Gasteiger partial charge in [0.2, 0.25) is 0 Å². The van der Waals surface area contributed by atoms with Gasteiger partial charge in [0.25, 0.3) is 0 Å². The zero-order valence-electron chi connectivity index (χ0n) is 11.2. The highest BCUT2D eigenvalue weighted by Crippen LogP contribution is 2.27. The van der Waals surface area contributed by atoms with E-state index in [2.05, 4.69) is 0 Å². The van der Waals surface area contributed by atoms with Gasteiger partial charge in [0, 0.05) is 18.4 Å². The van der Waals surface area contributed by atoms with Crippen LogP contribution in [0.4, 0.5) is 0 Å². The summed E-state index contributed by atoms with van der Waals surface area (Å²) in [6.45, 7) is 0.147. The average molecular weight is 282 g/mol. The number of aliphatic hydroxyl groups is 2. The molecule has 2 unspecified atom stereocenters. The van der Waals surface area contributed by atoms with Gasteiger partial charge in [-0.15, -0.1) is 0 Å². The van der Waals surface area contributed by atoms with Crippen molar-refractivity contribution in [3.8, 4) is 11.5 Å². The quantitative estimate of drug-likeness (QED) is 0.644. The van der Waals surface area contributed by atoms with Crippen molar-refractivity contribution < 1.29 is 29.3 Å². The zero-order chi connectivity index (χ0) is 15.0. The van der Waals surface area contributed by atoms with E-state index >= 15 is 0 Å². The van der Waals surface area contributed by atoms with Gasteiger partial charge in [-0.1, -0.05) is 0 Å². The molecule has 0 aliphatic carbocycles. The fourth-order valence-corrected chi connectivity index (χ4v) is 1.61. The molecule has 1 aromatic rings. The number of hydrogen-bond donors (Lipinski definition) is 2. The molecule has 0 saturated carbocycles. The minimum absolute atomic E-state index is 0.113. The van der Waals surface area contributed by atoms with Crippen molar-refractivity contribution in [2.45, 2.75) is 25.0 Å². The molecule has 0 radical (unpaired) electrons. The summed E-state index contributed by atoms with van der Waals surface area (Å²) in [7, 11) is 1.46. The van der Waals surface area contributed by atoms with Crippen molar-refractivity contribution in [1.82, 2.24) is 0 Å². The Balaban J connectivity index is 2.53. The highest BCUT2D eigenvalue weighted by atomic mass is 16.5. The second kappa shape index (κ2) is 8.29. The third-order valence-corrected chi connectivity index (χ3v) is 2.78. The van der Waals surface area contributed by atoms with Gasteiger partial charge in [-0.2, -0.15) is 0 Å². The van der Waals surface area contributed by atoms with E-state index in [4.69, 9.17) is 9.47 Å². The molecular weight excluding hydrogens is 264 g/mol. The van der Waals surface area contributed by atoms with Gasteiger partial charge in [-0.05, 0) is 18.2 Å². The number of benzene rings is 1. The first-order chi connectivity index (χ1) is 9.62. The molecule has 110 valence electrons. The predicted molar refractivity (Wildman–Crippen MR) is 71.2 cm³/mol. The molecule has 1 rings (SSSR count). The van der Waals surface area contributed by atoms with Gasteiger partial charge in [0.1, 0.15) is 12.6 Å². The van der Waals surface area contributed by atoms with Crippen LogP contribution in [0.5, 0.6) is 11.5 Å². The van der Waals surface area contributed by atoms with E-state index in [1.165, 1.54) is 7.11 Å². The Morgan fingerprint density at radius 3 is 2.55 bits per heavy atom. The summed E-state index contributed by atoms with van der Waals surface area (Å²) >= 11 is 0. The number of rotatable bonds is 9. The third kappa shape index (κ3) is 4.64. The lowest BCUT2D eigenvalue weighted by molar-refractivity contribution is -0.111. The van der Waals surface area contributed by atoms with E-state index in [9.17, 15) is 19.8 Å². The largest absolute Gasteiger partial charge is 0.493 e. The molecule has 6 nitrogen and oxygen atoms in total. The Kier molecular flexibility index (Phi) is 6.69. The van der Waals surface area contributed by atoms with Crippen molar-refractivity contribution in [2.75, 3.05) is 13.7 Å². The normalized spacial score (nSPS) is 13.3. The molecule has 0 aliphatic rings. The Hall–Kier alpha value is -1.92. The van der Waals surface area contributed by atoms with Crippen LogP contribution in [0.3, 0.4) is 0 Å². The standard InChI is InChI=1S/C14H18O6/c1-19-14-8-10(9-16)2-3-13(14)20-7-5-12(18)11(17)4-6-15/h2-3,6,8-9,11-12,17-18H,4-5,7H2,1H3. The summed E-state index contributed by atoms with van der Waals surface area (Å²) in [5.41, 5.74) is 0.468. The van der Waals surface area contributed by atoms with E-state index in [0.717, 1.165) is 0 Å². The molecule has 0 aliphatic heterocycles. The summed E-state index contributed by atoms with van der Waals surface area (Å²) in [6, 6.07) is 4.72. The topological polar surface area (TPSA) is 93.1 Å². The van der Waals surface area contributed by atoms with Crippen LogP contribution in [0.2, 0.25) is 0 Å². The Morgan fingerprint density at radius 1 is 1.20 bits per heavy atom. The van der Waals surface area contributed by atoms with Crippen molar-refractivity contribution in [2.24, 2.45) is 0 Å². The fraction of sp³-hybridized carbons (Fsp3) is 0.429. The van der Waals surface area contributed by atoms with Crippen LogP contribution < -0.4 is 9.47 Å². The number of aliphatic hydroxyl groups excluding tert-OH is 2. The third-order valence-electron chi connectivity index (χ3n) is 2.78. The number of carbonyl (C=O) groups is 2. The van der Waals surface area contributed by atoms with Crippen LogP contribution >= 0.6 is 0 Å². The SMILES string of the molecule is COc1cc(C=O)ccc1OCCC(O)C(O)CC=O. The van der Waals surface area contributed by atoms with Crippen LogP contribution in [-0.2, 0) is 4.79 Å². The molecule has 2 atom stereocenters. The zero-order valence-corrected chi connectivity index (χ0v) is 11.2. The number of aldehydes is 2. The first-order valence-corrected chi connectivity index (χ1v) is 6.18. The first-order valence-electron chi connectivity index (χ1n) is 6.18. The molecule has 0 amide bonds. The van der Waals surface area contributed by atoms with E-state index in [1.807, 2.05) is 0 Å². The first kappa shape index (κ1) is 16.1. The minimum Gasteiger partial charge on any atom is -0.493 e. The van der Waals surface area contributed by atoms with Crippen LogP contribution in [0.15, 0.2) is 18.2 Å². The molecular formula is C14H18O6. The number of ether oxygens (including phenoxy) is 2. The second-order valence-electron chi connectivity index (χ2n) is 4.20. The summed E-state index contributed by atoms with van der Waals surface area (Å²) in [5.74, 6) is 0.854. The van der Waals surface area contributed by atoms with Crippen LogP contribution in [0.1, 0.15) is 23.2 Å². The van der Waals surface area contributed by atoms with Crippen LogP contribution in [0.25, 0.3) is 0 Å².